The molecule has 4 aromatic rings. The molecule has 0 unspecified atom stereocenters. The predicted molar refractivity (Wildman–Crippen MR) is 142 cm³/mol. The standard InChI is InChI=1S/C24H27N7O2.HI/c1-4-25-24(26-13-19-15-33-23(28-19)18-7-5-16(2)6-8-18)27-14-21-29-22(31-30-21)17-9-11-20(32-3)12-10-17;/h5-12,15H,4,13-14H2,1-3H3,(H2,25,26,27)(H,29,30,31);1H. The molecule has 10 heteroatoms. The normalized spacial score (nSPS) is 11.1. The maximum Gasteiger partial charge on any atom is 0.226 e. The van der Waals surface area contributed by atoms with Gasteiger partial charge in [-0.05, 0) is 50.2 Å². The summed E-state index contributed by atoms with van der Waals surface area (Å²) in [4.78, 5) is 13.7. The van der Waals surface area contributed by atoms with Crippen LogP contribution < -0.4 is 15.4 Å². The maximum atomic E-state index is 5.62. The zero-order valence-corrected chi connectivity index (χ0v) is 21.7. The van der Waals surface area contributed by atoms with E-state index in [0.717, 1.165) is 29.1 Å². The van der Waals surface area contributed by atoms with Crippen molar-refractivity contribution in [2.75, 3.05) is 13.7 Å². The number of oxazole rings is 1. The minimum Gasteiger partial charge on any atom is -0.497 e. The van der Waals surface area contributed by atoms with E-state index in [1.54, 1.807) is 13.4 Å². The molecular weight excluding hydrogens is 545 g/mol. The highest BCUT2D eigenvalue weighted by Gasteiger charge is 2.09. The van der Waals surface area contributed by atoms with Gasteiger partial charge in [0, 0.05) is 17.7 Å². The van der Waals surface area contributed by atoms with Gasteiger partial charge in [-0.1, -0.05) is 17.7 Å². The van der Waals surface area contributed by atoms with Crippen LogP contribution in [0.5, 0.6) is 5.75 Å². The van der Waals surface area contributed by atoms with Crippen molar-refractivity contribution in [1.29, 1.82) is 0 Å². The van der Waals surface area contributed by atoms with Crippen molar-refractivity contribution < 1.29 is 9.15 Å². The van der Waals surface area contributed by atoms with E-state index in [1.807, 2.05) is 62.4 Å². The first-order valence-corrected chi connectivity index (χ1v) is 10.7. The first kappa shape index (κ1) is 25.2. The summed E-state index contributed by atoms with van der Waals surface area (Å²) in [5.74, 6) is 3.36. The lowest BCUT2D eigenvalue weighted by molar-refractivity contribution is 0.415. The van der Waals surface area contributed by atoms with Gasteiger partial charge in [-0.2, -0.15) is 5.10 Å². The molecule has 9 nitrogen and oxygen atoms in total. The van der Waals surface area contributed by atoms with Crippen LogP contribution in [0.1, 0.15) is 24.0 Å². The van der Waals surface area contributed by atoms with Gasteiger partial charge in [-0.25, -0.2) is 15.0 Å². The van der Waals surface area contributed by atoms with Crippen molar-refractivity contribution >= 4 is 29.9 Å². The highest BCUT2D eigenvalue weighted by atomic mass is 127. The molecule has 178 valence electrons. The number of hydrogen-bond acceptors (Lipinski definition) is 6. The van der Waals surface area contributed by atoms with Crippen LogP contribution in [0.2, 0.25) is 0 Å². The molecule has 4 rings (SSSR count). The molecule has 0 fully saturated rings. The first-order valence-electron chi connectivity index (χ1n) is 10.7. The third-order valence-electron chi connectivity index (χ3n) is 4.90. The van der Waals surface area contributed by atoms with Crippen molar-refractivity contribution in [3.05, 3.63) is 71.9 Å². The summed E-state index contributed by atoms with van der Waals surface area (Å²) in [6.07, 6.45) is 1.64. The second-order valence-corrected chi connectivity index (χ2v) is 7.39. The molecular formula is C24H28IN7O2. The van der Waals surface area contributed by atoms with Crippen molar-refractivity contribution in [2.45, 2.75) is 26.9 Å². The van der Waals surface area contributed by atoms with Crippen molar-refractivity contribution in [3.8, 4) is 28.6 Å². The Morgan fingerprint density at radius 1 is 1.03 bits per heavy atom. The molecule has 0 spiro atoms. The van der Waals surface area contributed by atoms with Crippen molar-refractivity contribution in [3.63, 3.8) is 0 Å². The van der Waals surface area contributed by atoms with Crippen molar-refractivity contribution in [2.24, 2.45) is 4.99 Å². The van der Waals surface area contributed by atoms with Gasteiger partial charge in [0.25, 0.3) is 0 Å². The Balaban J connectivity index is 0.00000324. The molecule has 0 amide bonds. The number of H-pyrrole nitrogens is 1. The number of halogens is 1. The number of aryl methyl sites for hydroxylation is 1. The van der Waals surface area contributed by atoms with Crippen LogP contribution in [0.15, 0.2) is 64.2 Å². The summed E-state index contributed by atoms with van der Waals surface area (Å²) >= 11 is 0. The van der Waals surface area contributed by atoms with Crippen LogP contribution in [-0.2, 0) is 13.1 Å². The van der Waals surface area contributed by atoms with Crippen LogP contribution in [0.3, 0.4) is 0 Å². The fourth-order valence-electron chi connectivity index (χ4n) is 3.12. The number of rotatable bonds is 8. The molecule has 0 saturated heterocycles. The van der Waals surface area contributed by atoms with Crippen LogP contribution in [0, 0.1) is 6.92 Å². The second kappa shape index (κ2) is 12.2. The Morgan fingerprint density at radius 3 is 2.47 bits per heavy atom. The Morgan fingerprint density at radius 2 is 1.76 bits per heavy atom. The van der Waals surface area contributed by atoms with Gasteiger partial charge in [0.15, 0.2) is 11.8 Å². The minimum atomic E-state index is 0. The predicted octanol–water partition coefficient (Wildman–Crippen LogP) is 4.32. The smallest absolute Gasteiger partial charge is 0.226 e. The lowest BCUT2D eigenvalue weighted by atomic mass is 10.1. The number of hydrogen-bond donors (Lipinski definition) is 3. The fourth-order valence-corrected chi connectivity index (χ4v) is 3.12. The molecule has 3 N–H and O–H groups in total. The Labute approximate surface area is 215 Å². The van der Waals surface area contributed by atoms with Gasteiger partial charge in [0.2, 0.25) is 5.89 Å². The zero-order chi connectivity index (χ0) is 23.0. The summed E-state index contributed by atoms with van der Waals surface area (Å²) in [5.41, 5.74) is 3.80. The second-order valence-electron chi connectivity index (χ2n) is 7.39. The molecule has 34 heavy (non-hydrogen) atoms. The summed E-state index contributed by atoms with van der Waals surface area (Å²) < 4.78 is 10.8. The topological polar surface area (TPSA) is 113 Å². The molecule has 0 bridgehead atoms. The summed E-state index contributed by atoms with van der Waals surface area (Å²) in [6.45, 7) is 5.62. The quantitative estimate of drug-likeness (QED) is 0.164. The third kappa shape index (κ3) is 6.56. The highest BCUT2D eigenvalue weighted by Crippen LogP contribution is 2.20. The minimum absolute atomic E-state index is 0. The molecule has 0 atom stereocenters. The zero-order valence-electron chi connectivity index (χ0n) is 19.3. The average molecular weight is 573 g/mol. The number of aromatic nitrogens is 4. The summed E-state index contributed by atoms with van der Waals surface area (Å²) in [5, 5.41) is 13.7. The Hall–Kier alpha value is -3.41. The van der Waals surface area contributed by atoms with E-state index < -0.39 is 0 Å². The van der Waals surface area contributed by atoms with Gasteiger partial charge in [0.05, 0.1) is 20.2 Å². The molecule has 2 aromatic carbocycles. The molecule has 0 aliphatic rings. The third-order valence-corrected chi connectivity index (χ3v) is 4.90. The Bertz CT molecular complexity index is 1200. The van der Waals surface area contributed by atoms with Gasteiger partial charge in [-0.3, -0.25) is 5.10 Å². The summed E-state index contributed by atoms with van der Waals surface area (Å²) in [6, 6.07) is 15.7. The monoisotopic (exact) mass is 573 g/mol. The number of benzene rings is 2. The van der Waals surface area contributed by atoms with E-state index in [0.29, 0.717) is 36.6 Å². The largest absolute Gasteiger partial charge is 0.497 e. The molecule has 0 aliphatic heterocycles. The van der Waals surface area contributed by atoms with Crippen LogP contribution in [-0.4, -0.2) is 39.8 Å². The van der Waals surface area contributed by atoms with Crippen LogP contribution >= 0.6 is 24.0 Å². The van der Waals surface area contributed by atoms with E-state index in [4.69, 9.17) is 9.15 Å². The van der Waals surface area contributed by atoms with Gasteiger partial charge >= 0.3 is 0 Å². The summed E-state index contributed by atoms with van der Waals surface area (Å²) in [7, 11) is 1.64. The van der Waals surface area contributed by atoms with Crippen molar-refractivity contribution in [1.82, 2.24) is 30.8 Å². The molecule has 0 aliphatic carbocycles. The van der Waals surface area contributed by atoms with Crippen LogP contribution in [0.25, 0.3) is 22.8 Å². The van der Waals surface area contributed by atoms with E-state index in [1.165, 1.54) is 5.56 Å². The number of aromatic amines is 1. The van der Waals surface area contributed by atoms with E-state index in [2.05, 4.69) is 35.8 Å². The van der Waals surface area contributed by atoms with E-state index >= 15 is 0 Å². The van der Waals surface area contributed by atoms with Gasteiger partial charge in [-0.15, -0.1) is 24.0 Å². The molecule has 0 radical (unpaired) electrons. The van der Waals surface area contributed by atoms with E-state index in [-0.39, 0.29) is 24.0 Å². The molecule has 2 heterocycles. The number of nitrogens with zero attached hydrogens (tertiary/aromatic N) is 4. The van der Waals surface area contributed by atoms with Crippen LogP contribution in [0.4, 0.5) is 0 Å². The lowest BCUT2D eigenvalue weighted by Crippen LogP contribution is -2.37. The van der Waals surface area contributed by atoms with Gasteiger partial charge in [0.1, 0.15) is 23.5 Å². The highest BCUT2D eigenvalue weighted by molar-refractivity contribution is 14.0. The number of aliphatic imine (C=N–C) groups is 1. The van der Waals surface area contributed by atoms with E-state index in [9.17, 15) is 0 Å². The molecule has 2 aromatic heterocycles. The Kier molecular flexibility index (Phi) is 9.02. The lowest BCUT2D eigenvalue weighted by Gasteiger charge is -2.09. The fraction of sp³-hybridized carbons (Fsp3) is 0.250. The maximum absolute atomic E-state index is 5.62. The number of nitrogens with one attached hydrogen (secondary N) is 3. The average Bonchev–Trinajstić information content (AvgIpc) is 3.51. The molecule has 0 saturated carbocycles. The SMILES string of the molecule is CCNC(=NCc1coc(-c2ccc(C)cc2)n1)NCc1nc(-c2ccc(OC)cc2)n[nH]1.I. The number of guanidine groups is 1. The van der Waals surface area contributed by atoms with Gasteiger partial charge < -0.3 is 19.8 Å². The number of methoxy groups -OCH3 is 1. The first-order chi connectivity index (χ1) is 16.1. The number of ether oxygens (including phenoxy) is 1.